The molecule has 0 aromatic carbocycles. The molecule has 1 aromatic rings. The zero-order valence-electron chi connectivity index (χ0n) is 11.7. The van der Waals surface area contributed by atoms with Gasteiger partial charge in [0.2, 0.25) is 5.91 Å². The number of piperazine rings is 1. The van der Waals surface area contributed by atoms with Crippen molar-refractivity contribution < 1.29 is 4.79 Å². The molecule has 1 atom stereocenters. The number of hydrogen-bond acceptors (Lipinski definition) is 5. The van der Waals surface area contributed by atoms with Crippen LogP contribution >= 0.6 is 11.3 Å². The zero-order valence-corrected chi connectivity index (χ0v) is 12.5. The smallest absolute Gasteiger partial charge is 0.240 e. The third kappa shape index (κ3) is 3.79. The first-order valence-electron chi connectivity index (χ1n) is 6.71. The van der Waals surface area contributed by atoms with Crippen LogP contribution < -0.4 is 5.73 Å². The fourth-order valence-corrected chi connectivity index (χ4v) is 2.89. The lowest BCUT2D eigenvalue weighted by molar-refractivity contribution is -0.134. The highest BCUT2D eigenvalue weighted by molar-refractivity contribution is 7.09. The number of terminal acetylenes is 1. The predicted molar refractivity (Wildman–Crippen MR) is 80.1 cm³/mol. The third-order valence-electron chi connectivity index (χ3n) is 3.39. The minimum Gasteiger partial charge on any atom is -0.339 e. The van der Waals surface area contributed by atoms with Crippen LogP contribution in [0.2, 0.25) is 0 Å². The van der Waals surface area contributed by atoms with E-state index >= 15 is 0 Å². The van der Waals surface area contributed by atoms with E-state index in [9.17, 15) is 4.79 Å². The van der Waals surface area contributed by atoms with Gasteiger partial charge in [-0.15, -0.1) is 23.7 Å². The molecule has 0 spiro atoms. The van der Waals surface area contributed by atoms with Gasteiger partial charge in [-0.3, -0.25) is 9.69 Å². The van der Waals surface area contributed by atoms with Crippen molar-refractivity contribution in [3.05, 3.63) is 16.1 Å². The molecule has 20 heavy (non-hydrogen) atoms. The molecule has 1 aliphatic heterocycles. The van der Waals surface area contributed by atoms with E-state index in [1.165, 1.54) is 0 Å². The van der Waals surface area contributed by atoms with E-state index in [4.69, 9.17) is 12.2 Å². The van der Waals surface area contributed by atoms with Crippen LogP contribution in [0.3, 0.4) is 0 Å². The fourth-order valence-electron chi connectivity index (χ4n) is 2.29. The summed E-state index contributed by atoms with van der Waals surface area (Å²) in [4.78, 5) is 20.6. The number of carbonyl (C=O) groups is 1. The van der Waals surface area contributed by atoms with Crippen LogP contribution in [0.1, 0.15) is 17.1 Å². The number of rotatable bonds is 4. The molecule has 1 unspecified atom stereocenters. The van der Waals surface area contributed by atoms with Gasteiger partial charge < -0.3 is 10.6 Å². The molecular formula is C14H20N4OS. The van der Waals surface area contributed by atoms with Gasteiger partial charge in [-0.2, -0.15) is 0 Å². The molecule has 108 valence electrons. The summed E-state index contributed by atoms with van der Waals surface area (Å²) in [6, 6.07) is -0.562. The lowest BCUT2D eigenvalue weighted by atomic mass is 10.2. The number of aryl methyl sites for hydroxylation is 1. The molecule has 1 fully saturated rings. The topological polar surface area (TPSA) is 62.5 Å². The molecule has 0 saturated carbocycles. The summed E-state index contributed by atoms with van der Waals surface area (Å²) in [7, 11) is 0. The molecule has 2 N–H and O–H groups in total. The van der Waals surface area contributed by atoms with Crippen LogP contribution in [0.25, 0.3) is 0 Å². The minimum atomic E-state index is -0.562. The summed E-state index contributed by atoms with van der Waals surface area (Å²) in [5, 5.41) is 3.18. The normalized spacial score (nSPS) is 17.8. The molecule has 1 saturated heterocycles. The maximum atomic E-state index is 12.0. The molecule has 5 nitrogen and oxygen atoms in total. The Bertz CT molecular complexity index is 500. The molecule has 2 rings (SSSR count). The second-order valence-corrected chi connectivity index (χ2v) is 6.04. The summed E-state index contributed by atoms with van der Waals surface area (Å²) in [6.07, 6.45) is 5.49. The van der Waals surface area contributed by atoms with Crippen molar-refractivity contribution in [3.63, 3.8) is 0 Å². The molecule has 0 bridgehead atoms. The Hall–Kier alpha value is -1.42. The molecule has 6 heteroatoms. The first kappa shape index (κ1) is 15.0. The lowest BCUT2D eigenvalue weighted by Crippen LogP contribution is -2.52. The van der Waals surface area contributed by atoms with E-state index in [0.717, 1.165) is 30.3 Å². The standard InChI is InChI=1S/C14H20N4OS/c1-3-4-13(15)14(19)18-7-5-17(6-8-18)9-12-10-20-11(2)16-12/h1,10,13H,4-9,15H2,2H3. The molecule has 1 amide bonds. The van der Waals surface area contributed by atoms with Crippen LogP contribution in [0.5, 0.6) is 0 Å². The predicted octanol–water partition coefficient (Wildman–Crippen LogP) is 0.446. The Morgan fingerprint density at radius 3 is 2.80 bits per heavy atom. The highest BCUT2D eigenvalue weighted by Crippen LogP contribution is 2.12. The summed E-state index contributed by atoms with van der Waals surface area (Å²) in [6.45, 7) is 5.98. The molecule has 1 aliphatic rings. The zero-order chi connectivity index (χ0) is 14.5. The largest absolute Gasteiger partial charge is 0.339 e. The van der Waals surface area contributed by atoms with Gasteiger partial charge in [0.15, 0.2) is 0 Å². The average molecular weight is 292 g/mol. The maximum absolute atomic E-state index is 12.0. The van der Waals surface area contributed by atoms with Crippen molar-refractivity contribution in [2.24, 2.45) is 5.73 Å². The highest BCUT2D eigenvalue weighted by atomic mass is 32.1. The van der Waals surface area contributed by atoms with Crippen LogP contribution in [0.15, 0.2) is 5.38 Å². The van der Waals surface area contributed by atoms with Gasteiger partial charge in [-0.05, 0) is 6.92 Å². The Morgan fingerprint density at radius 1 is 1.55 bits per heavy atom. The van der Waals surface area contributed by atoms with Crippen LogP contribution in [-0.4, -0.2) is 52.9 Å². The number of nitrogens with zero attached hydrogens (tertiary/aromatic N) is 3. The summed E-state index contributed by atoms with van der Waals surface area (Å²) >= 11 is 1.67. The van der Waals surface area contributed by atoms with Crippen molar-refractivity contribution in [3.8, 4) is 12.3 Å². The van der Waals surface area contributed by atoms with E-state index in [1.54, 1.807) is 11.3 Å². The molecule has 2 heterocycles. The van der Waals surface area contributed by atoms with Gasteiger partial charge in [0.1, 0.15) is 0 Å². The molecule has 1 aromatic heterocycles. The van der Waals surface area contributed by atoms with Gasteiger partial charge in [0.25, 0.3) is 0 Å². The number of thiazole rings is 1. The number of hydrogen-bond donors (Lipinski definition) is 1. The second kappa shape index (κ2) is 6.84. The van der Waals surface area contributed by atoms with Crippen molar-refractivity contribution in [1.82, 2.24) is 14.8 Å². The highest BCUT2D eigenvalue weighted by Gasteiger charge is 2.24. The van der Waals surface area contributed by atoms with Gasteiger partial charge in [-0.1, -0.05) is 0 Å². The quantitative estimate of drug-likeness (QED) is 0.818. The van der Waals surface area contributed by atoms with Gasteiger partial charge in [0, 0.05) is 44.5 Å². The number of amides is 1. The van der Waals surface area contributed by atoms with Gasteiger partial charge in [-0.25, -0.2) is 4.98 Å². The Balaban J connectivity index is 1.80. The lowest BCUT2D eigenvalue weighted by Gasteiger charge is -2.35. The van der Waals surface area contributed by atoms with Crippen molar-refractivity contribution in [1.29, 1.82) is 0 Å². The Kier molecular flexibility index (Phi) is 5.12. The van der Waals surface area contributed by atoms with E-state index < -0.39 is 6.04 Å². The van der Waals surface area contributed by atoms with Gasteiger partial charge >= 0.3 is 0 Å². The van der Waals surface area contributed by atoms with Crippen LogP contribution in [0, 0.1) is 19.3 Å². The fraction of sp³-hybridized carbons (Fsp3) is 0.571. The van der Waals surface area contributed by atoms with Crippen LogP contribution in [-0.2, 0) is 11.3 Å². The molecule has 0 aliphatic carbocycles. The van der Waals surface area contributed by atoms with Crippen LogP contribution in [0.4, 0.5) is 0 Å². The van der Waals surface area contributed by atoms with Crippen molar-refractivity contribution >= 4 is 17.2 Å². The number of aromatic nitrogens is 1. The van der Waals surface area contributed by atoms with E-state index in [1.807, 2.05) is 11.8 Å². The number of nitrogens with two attached hydrogens (primary N) is 1. The molecular weight excluding hydrogens is 272 g/mol. The van der Waals surface area contributed by atoms with Gasteiger partial charge in [0.05, 0.1) is 16.7 Å². The molecule has 0 radical (unpaired) electrons. The van der Waals surface area contributed by atoms with E-state index in [0.29, 0.717) is 19.5 Å². The monoisotopic (exact) mass is 292 g/mol. The number of carbonyl (C=O) groups excluding carboxylic acids is 1. The SMILES string of the molecule is C#CCC(N)C(=O)N1CCN(Cc2csc(C)n2)CC1. The summed E-state index contributed by atoms with van der Waals surface area (Å²) < 4.78 is 0. The second-order valence-electron chi connectivity index (χ2n) is 4.97. The third-order valence-corrected chi connectivity index (χ3v) is 4.21. The Morgan fingerprint density at radius 2 is 2.25 bits per heavy atom. The van der Waals surface area contributed by atoms with Crippen molar-refractivity contribution in [2.75, 3.05) is 26.2 Å². The maximum Gasteiger partial charge on any atom is 0.240 e. The Labute approximate surface area is 123 Å². The minimum absolute atomic E-state index is 0.0351. The summed E-state index contributed by atoms with van der Waals surface area (Å²) in [5.74, 6) is 2.41. The van der Waals surface area contributed by atoms with E-state index in [-0.39, 0.29) is 5.91 Å². The van der Waals surface area contributed by atoms with Crippen molar-refractivity contribution in [2.45, 2.75) is 25.9 Å². The first-order valence-corrected chi connectivity index (χ1v) is 7.59. The average Bonchev–Trinajstić information content (AvgIpc) is 2.84. The summed E-state index contributed by atoms with van der Waals surface area (Å²) in [5.41, 5.74) is 6.87. The first-order chi connectivity index (χ1) is 9.60. The van der Waals surface area contributed by atoms with E-state index in [2.05, 4.69) is 21.2 Å².